The fourth-order valence-electron chi connectivity index (χ4n) is 1.99. The second kappa shape index (κ2) is 7.44. The third kappa shape index (κ3) is 4.33. The molecule has 22 heavy (non-hydrogen) atoms. The third-order valence-electron chi connectivity index (χ3n) is 3.09. The Kier molecular flexibility index (Phi) is 5.59. The van der Waals surface area contributed by atoms with Crippen LogP contribution < -0.4 is 9.62 Å². The molecule has 0 aliphatic heterocycles. The fraction of sp³-hybridized carbons (Fsp3) is 0.333. The molecule has 2 aromatic rings. The van der Waals surface area contributed by atoms with Crippen LogP contribution in [0, 0.1) is 6.92 Å². The maximum absolute atomic E-state index is 12.1. The Morgan fingerprint density at radius 3 is 2.73 bits per heavy atom. The van der Waals surface area contributed by atoms with E-state index in [1.165, 1.54) is 13.2 Å². The van der Waals surface area contributed by atoms with Crippen molar-refractivity contribution in [2.45, 2.75) is 24.7 Å². The van der Waals surface area contributed by atoms with Gasteiger partial charge in [-0.05, 0) is 49.2 Å². The molecule has 0 amide bonds. The number of ether oxygens (including phenoxy) is 1. The molecule has 0 saturated carbocycles. The quantitative estimate of drug-likeness (QED) is 0.596. The van der Waals surface area contributed by atoms with Crippen LogP contribution in [0.3, 0.4) is 0 Å². The maximum atomic E-state index is 12.1. The number of rotatable bonds is 8. The van der Waals surface area contributed by atoms with Crippen LogP contribution in [0.1, 0.15) is 17.7 Å². The molecule has 1 heterocycles. The minimum absolute atomic E-state index is 0.166. The number of nitrogens with one attached hydrogen (secondary N) is 1. The van der Waals surface area contributed by atoms with Crippen LogP contribution in [0.5, 0.6) is 5.75 Å². The van der Waals surface area contributed by atoms with Gasteiger partial charge in [-0.3, -0.25) is 4.84 Å². The zero-order chi connectivity index (χ0) is 16.0. The van der Waals surface area contributed by atoms with E-state index in [-0.39, 0.29) is 11.5 Å². The van der Waals surface area contributed by atoms with E-state index in [1.54, 1.807) is 25.3 Å². The molecule has 0 spiro atoms. The first-order chi connectivity index (χ1) is 10.5. The first-order valence-corrected chi connectivity index (χ1v) is 8.32. The van der Waals surface area contributed by atoms with E-state index >= 15 is 0 Å². The van der Waals surface area contributed by atoms with Gasteiger partial charge in [-0.25, -0.2) is 8.42 Å². The molecule has 0 aliphatic carbocycles. The van der Waals surface area contributed by atoms with Crippen LogP contribution in [0.15, 0.2) is 45.9 Å². The molecule has 0 bridgehead atoms. The van der Waals surface area contributed by atoms with Crippen molar-refractivity contribution in [1.82, 2.24) is 4.89 Å². The van der Waals surface area contributed by atoms with Crippen LogP contribution in [-0.4, -0.2) is 22.1 Å². The average molecular weight is 325 g/mol. The molecule has 1 N–H and O–H groups in total. The van der Waals surface area contributed by atoms with Gasteiger partial charge in [-0.15, -0.1) is 0 Å². The number of benzene rings is 1. The normalized spacial score (nSPS) is 11.5. The lowest BCUT2D eigenvalue weighted by Crippen LogP contribution is -2.25. The van der Waals surface area contributed by atoms with Crippen LogP contribution in [0.2, 0.25) is 0 Å². The summed E-state index contributed by atoms with van der Waals surface area (Å²) in [6, 6.07) is 8.42. The summed E-state index contributed by atoms with van der Waals surface area (Å²) in [5, 5.41) is 0. The number of furan rings is 1. The average Bonchev–Trinajstić information content (AvgIpc) is 2.99. The van der Waals surface area contributed by atoms with Crippen molar-refractivity contribution in [3.05, 3.63) is 47.9 Å². The largest absolute Gasteiger partial charge is 0.497 e. The molecule has 120 valence electrons. The first-order valence-electron chi connectivity index (χ1n) is 6.83. The second-order valence-electron chi connectivity index (χ2n) is 4.75. The highest BCUT2D eigenvalue weighted by Gasteiger charge is 2.17. The molecule has 0 atom stereocenters. The number of hydrogen-bond acceptors (Lipinski definition) is 5. The van der Waals surface area contributed by atoms with E-state index in [4.69, 9.17) is 14.0 Å². The molecule has 0 saturated heterocycles. The summed E-state index contributed by atoms with van der Waals surface area (Å²) in [4.78, 5) is 7.35. The Bertz CT molecular complexity index is 695. The molecule has 0 aliphatic rings. The molecular formula is C15H19NO5S. The van der Waals surface area contributed by atoms with Gasteiger partial charge in [-0.1, -0.05) is 4.89 Å². The lowest BCUT2D eigenvalue weighted by Gasteiger charge is -2.10. The highest BCUT2D eigenvalue weighted by atomic mass is 32.2. The van der Waals surface area contributed by atoms with Gasteiger partial charge in [-0.2, -0.15) is 0 Å². The van der Waals surface area contributed by atoms with Crippen molar-refractivity contribution in [2.75, 3.05) is 13.7 Å². The summed E-state index contributed by atoms with van der Waals surface area (Å²) in [6.45, 7) is 1.96. The molecule has 7 heteroatoms. The molecule has 6 nitrogen and oxygen atoms in total. The van der Waals surface area contributed by atoms with E-state index in [2.05, 4.69) is 4.89 Å². The molecule has 1 aromatic heterocycles. The topological polar surface area (TPSA) is 77.8 Å². The van der Waals surface area contributed by atoms with E-state index in [0.717, 1.165) is 5.76 Å². The minimum atomic E-state index is -3.70. The SMILES string of the molecule is COc1ccc(S(=O)(=O)NOCCCc2ccco2)c(C)c1. The van der Waals surface area contributed by atoms with E-state index < -0.39 is 10.0 Å². The number of aryl methyl sites for hydroxylation is 2. The zero-order valence-corrected chi connectivity index (χ0v) is 13.4. The first kappa shape index (κ1) is 16.5. The van der Waals surface area contributed by atoms with Crippen LogP contribution in [0.4, 0.5) is 0 Å². The minimum Gasteiger partial charge on any atom is -0.497 e. The van der Waals surface area contributed by atoms with Crippen molar-refractivity contribution in [3.8, 4) is 5.75 Å². The van der Waals surface area contributed by atoms with Crippen molar-refractivity contribution in [1.29, 1.82) is 0 Å². The smallest absolute Gasteiger partial charge is 0.262 e. The summed E-state index contributed by atoms with van der Waals surface area (Å²) >= 11 is 0. The number of hydrogen-bond donors (Lipinski definition) is 1. The van der Waals surface area contributed by atoms with Crippen LogP contribution in [-0.2, 0) is 21.3 Å². The highest BCUT2D eigenvalue weighted by molar-refractivity contribution is 7.89. The summed E-state index contributed by atoms with van der Waals surface area (Å²) in [7, 11) is -2.17. The van der Waals surface area contributed by atoms with Gasteiger partial charge in [0.2, 0.25) is 0 Å². The van der Waals surface area contributed by atoms with E-state index in [0.29, 0.717) is 24.2 Å². The molecule has 0 unspecified atom stereocenters. The molecule has 1 aromatic carbocycles. The molecule has 0 radical (unpaired) electrons. The Hall–Kier alpha value is -1.83. The second-order valence-corrected chi connectivity index (χ2v) is 6.36. The van der Waals surface area contributed by atoms with Gasteiger partial charge >= 0.3 is 0 Å². The summed E-state index contributed by atoms with van der Waals surface area (Å²) in [6.07, 6.45) is 2.94. The van der Waals surface area contributed by atoms with Gasteiger partial charge < -0.3 is 9.15 Å². The van der Waals surface area contributed by atoms with Gasteiger partial charge in [0.05, 0.1) is 24.9 Å². The number of methoxy groups -OCH3 is 1. The third-order valence-corrected chi connectivity index (χ3v) is 4.46. The molecule has 0 fully saturated rings. The predicted octanol–water partition coefficient (Wildman–Crippen LogP) is 2.44. The lowest BCUT2D eigenvalue weighted by atomic mass is 10.2. The Balaban J connectivity index is 1.85. The van der Waals surface area contributed by atoms with Gasteiger partial charge in [0.1, 0.15) is 11.5 Å². The summed E-state index contributed by atoms with van der Waals surface area (Å²) in [5.41, 5.74) is 0.589. The zero-order valence-electron chi connectivity index (χ0n) is 12.5. The summed E-state index contributed by atoms with van der Waals surface area (Å²) in [5.74, 6) is 1.45. The van der Waals surface area contributed by atoms with Crippen LogP contribution >= 0.6 is 0 Å². The van der Waals surface area contributed by atoms with Crippen molar-refractivity contribution in [3.63, 3.8) is 0 Å². The maximum Gasteiger partial charge on any atom is 0.262 e. The monoisotopic (exact) mass is 325 g/mol. The van der Waals surface area contributed by atoms with E-state index in [9.17, 15) is 8.42 Å². The Morgan fingerprint density at radius 2 is 2.09 bits per heavy atom. The predicted molar refractivity (Wildman–Crippen MR) is 81.0 cm³/mol. The lowest BCUT2D eigenvalue weighted by molar-refractivity contribution is 0.0905. The van der Waals surface area contributed by atoms with Crippen LogP contribution in [0.25, 0.3) is 0 Å². The molecular weight excluding hydrogens is 306 g/mol. The highest BCUT2D eigenvalue weighted by Crippen LogP contribution is 2.20. The van der Waals surface area contributed by atoms with E-state index in [1.807, 2.05) is 12.1 Å². The Morgan fingerprint density at radius 1 is 1.27 bits per heavy atom. The van der Waals surface area contributed by atoms with Gasteiger partial charge in [0.15, 0.2) is 0 Å². The fourth-order valence-corrected chi connectivity index (χ4v) is 3.05. The van der Waals surface area contributed by atoms with Crippen molar-refractivity contribution >= 4 is 10.0 Å². The standard InChI is InChI=1S/C15H19NO5S/c1-12-11-14(19-2)7-8-15(12)22(17,18)16-21-10-4-6-13-5-3-9-20-13/h3,5,7-9,11,16H,4,6,10H2,1-2H3. The number of sulfonamides is 1. The van der Waals surface area contributed by atoms with Crippen molar-refractivity contribution in [2.24, 2.45) is 0 Å². The van der Waals surface area contributed by atoms with Gasteiger partial charge in [0.25, 0.3) is 10.0 Å². The van der Waals surface area contributed by atoms with Gasteiger partial charge in [0, 0.05) is 6.42 Å². The molecule has 2 rings (SSSR count). The van der Waals surface area contributed by atoms with Crippen molar-refractivity contribution < 1.29 is 22.4 Å². The summed E-state index contributed by atoms with van der Waals surface area (Å²) < 4.78 is 34.5. The Labute approximate surface area is 130 Å².